The number of nitrogens with zero attached hydrogens (tertiary/aromatic N) is 1. The molecule has 0 saturated heterocycles. The van der Waals surface area contributed by atoms with E-state index in [-0.39, 0.29) is 0 Å². The van der Waals surface area contributed by atoms with Crippen molar-refractivity contribution < 1.29 is 0 Å². The van der Waals surface area contributed by atoms with E-state index in [1.54, 1.807) is 5.20 Å². The molecule has 0 aliphatic heterocycles. The first-order chi connectivity index (χ1) is 7.93. The first-order valence-electron chi connectivity index (χ1n) is 6.39. The van der Waals surface area contributed by atoms with Crippen LogP contribution < -0.4 is 0 Å². The smallest absolute Gasteiger partial charge is 0.0743 e. The third-order valence-electron chi connectivity index (χ3n) is 3.00. The van der Waals surface area contributed by atoms with Crippen molar-refractivity contribution >= 4 is 8.07 Å². The highest BCUT2D eigenvalue weighted by Gasteiger charge is 2.18. The van der Waals surface area contributed by atoms with Gasteiger partial charge in [-0.05, 0) is 18.2 Å². The van der Waals surface area contributed by atoms with E-state index in [9.17, 15) is 0 Å². The molecule has 2 heteroatoms. The van der Waals surface area contributed by atoms with Gasteiger partial charge >= 0.3 is 0 Å². The minimum absolute atomic E-state index is 0.995. The predicted molar refractivity (Wildman–Crippen MR) is 79.6 cm³/mol. The molecule has 0 N–H and O–H groups in total. The number of allylic oxidation sites excluding steroid dienone is 1. The van der Waals surface area contributed by atoms with E-state index in [2.05, 4.69) is 75.0 Å². The number of benzene rings is 1. The summed E-state index contributed by atoms with van der Waals surface area (Å²) in [5.74, 6) is 0. The molecule has 0 amide bonds. The molecule has 94 valence electrons. The Morgan fingerprint density at radius 2 is 1.76 bits per heavy atom. The van der Waals surface area contributed by atoms with E-state index in [1.165, 1.54) is 12.0 Å². The minimum atomic E-state index is -1.15. The molecule has 1 aromatic carbocycles. The van der Waals surface area contributed by atoms with Crippen LogP contribution in [0.1, 0.15) is 18.9 Å². The van der Waals surface area contributed by atoms with Gasteiger partial charge in [-0.2, -0.15) is 0 Å². The van der Waals surface area contributed by atoms with Crippen molar-refractivity contribution in [2.24, 2.45) is 0 Å². The second-order valence-corrected chi connectivity index (χ2v) is 10.8. The highest BCUT2D eigenvalue weighted by Crippen LogP contribution is 2.18. The predicted octanol–water partition coefficient (Wildman–Crippen LogP) is 4.29. The van der Waals surface area contributed by atoms with E-state index in [0.29, 0.717) is 0 Å². The maximum absolute atomic E-state index is 2.42. The Morgan fingerprint density at radius 3 is 2.24 bits per heavy atom. The summed E-state index contributed by atoms with van der Waals surface area (Å²) in [6.45, 7) is 10.5. The van der Waals surface area contributed by atoms with Crippen LogP contribution in [0.25, 0.3) is 0 Å². The quantitative estimate of drug-likeness (QED) is 0.702. The van der Waals surface area contributed by atoms with Crippen molar-refractivity contribution in [1.29, 1.82) is 0 Å². The van der Waals surface area contributed by atoms with Gasteiger partial charge in [0.05, 0.1) is 8.07 Å². The minimum Gasteiger partial charge on any atom is -0.376 e. The van der Waals surface area contributed by atoms with E-state index < -0.39 is 8.07 Å². The Hall–Kier alpha value is -1.02. The zero-order valence-corrected chi connectivity index (χ0v) is 12.8. The van der Waals surface area contributed by atoms with Crippen LogP contribution in [0.15, 0.2) is 41.7 Å². The Bertz CT molecular complexity index is 362. The topological polar surface area (TPSA) is 3.24 Å². The van der Waals surface area contributed by atoms with E-state index >= 15 is 0 Å². The summed E-state index contributed by atoms with van der Waals surface area (Å²) >= 11 is 0. The van der Waals surface area contributed by atoms with Gasteiger partial charge in [0.2, 0.25) is 0 Å². The van der Waals surface area contributed by atoms with Crippen molar-refractivity contribution in [1.82, 2.24) is 4.90 Å². The average Bonchev–Trinajstić information content (AvgIpc) is 2.25. The van der Waals surface area contributed by atoms with Gasteiger partial charge in [0.15, 0.2) is 0 Å². The lowest BCUT2D eigenvalue weighted by Gasteiger charge is -2.24. The van der Waals surface area contributed by atoms with Gasteiger partial charge in [0, 0.05) is 13.6 Å². The fraction of sp³-hybridized carbons (Fsp3) is 0.467. The van der Waals surface area contributed by atoms with Crippen molar-refractivity contribution in [2.45, 2.75) is 39.5 Å². The summed E-state index contributed by atoms with van der Waals surface area (Å²) < 4.78 is 0. The molecule has 0 saturated carbocycles. The van der Waals surface area contributed by atoms with Gasteiger partial charge in [-0.3, -0.25) is 0 Å². The highest BCUT2D eigenvalue weighted by molar-refractivity contribution is 6.83. The Kier molecular flexibility index (Phi) is 5.00. The number of rotatable bonds is 5. The summed E-state index contributed by atoms with van der Waals surface area (Å²) in [5, 5.41) is 1.64. The lowest BCUT2D eigenvalue weighted by Crippen LogP contribution is -2.26. The molecule has 0 radical (unpaired) electrons. The lowest BCUT2D eigenvalue weighted by molar-refractivity contribution is 0.448. The standard InChI is InChI=1S/C15H25NSi/c1-6-15(17(3,4)5)13-16(2)12-14-10-8-7-9-11-14/h7-11,13H,6,12H2,1-5H3/b15-13-. The van der Waals surface area contributed by atoms with Crippen molar-refractivity contribution in [3.8, 4) is 0 Å². The molecule has 0 aliphatic carbocycles. The van der Waals surface area contributed by atoms with E-state index in [1.807, 2.05) is 0 Å². The van der Waals surface area contributed by atoms with Gasteiger partial charge in [-0.15, -0.1) is 0 Å². The van der Waals surface area contributed by atoms with Crippen LogP contribution >= 0.6 is 0 Å². The van der Waals surface area contributed by atoms with Crippen LogP contribution in [-0.4, -0.2) is 20.0 Å². The number of hydrogen-bond donors (Lipinski definition) is 0. The molecule has 0 aromatic heterocycles. The molecule has 17 heavy (non-hydrogen) atoms. The second kappa shape index (κ2) is 6.06. The zero-order valence-electron chi connectivity index (χ0n) is 11.8. The maximum Gasteiger partial charge on any atom is 0.0743 e. The van der Waals surface area contributed by atoms with Crippen LogP contribution in [0.3, 0.4) is 0 Å². The fourth-order valence-electron chi connectivity index (χ4n) is 2.00. The molecule has 0 unspecified atom stereocenters. The van der Waals surface area contributed by atoms with E-state index in [4.69, 9.17) is 0 Å². The number of hydrogen-bond acceptors (Lipinski definition) is 1. The first kappa shape index (κ1) is 14.0. The molecule has 0 heterocycles. The van der Waals surface area contributed by atoms with Crippen LogP contribution in [-0.2, 0) is 6.54 Å². The molecular weight excluding hydrogens is 222 g/mol. The molecular formula is C15H25NSi. The molecule has 0 fully saturated rings. The Morgan fingerprint density at radius 1 is 1.18 bits per heavy atom. The lowest BCUT2D eigenvalue weighted by atomic mass is 10.2. The molecule has 0 aliphatic rings. The Labute approximate surface area is 107 Å². The van der Waals surface area contributed by atoms with Gasteiger partial charge in [0.25, 0.3) is 0 Å². The summed E-state index contributed by atoms with van der Waals surface area (Å²) in [7, 11) is 1.02. The van der Waals surface area contributed by atoms with Gasteiger partial charge in [0.1, 0.15) is 0 Å². The summed E-state index contributed by atoms with van der Waals surface area (Å²) in [6.07, 6.45) is 3.54. The van der Waals surface area contributed by atoms with Gasteiger partial charge < -0.3 is 4.90 Å². The normalized spacial score (nSPS) is 12.6. The van der Waals surface area contributed by atoms with Crippen molar-refractivity contribution in [3.63, 3.8) is 0 Å². The second-order valence-electron chi connectivity index (χ2n) is 5.66. The van der Waals surface area contributed by atoms with Crippen LogP contribution in [0.2, 0.25) is 19.6 Å². The van der Waals surface area contributed by atoms with Crippen LogP contribution in [0.5, 0.6) is 0 Å². The molecule has 1 nitrogen and oxygen atoms in total. The van der Waals surface area contributed by atoms with Gasteiger partial charge in [-0.1, -0.05) is 62.1 Å². The zero-order chi connectivity index (χ0) is 12.9. The van der Waals surface area contributed by atoms with Crippen molar-refractivity contribution in [3.05, 3.63) is 47.3 Å². The molecule has 1 aromatic rings. The van der Waals surface area contributed by atoms with Crippen LogP contribution in [0, 0.1) is 0 Å². The molecule has 0 atom stereocenters. The third-order valence-corrected chi connectivity index (χ3v) is 5.40. The molecule has 1 rings (SSSR count). The SMILES string of the molecule is CC/C(=C/N(C)Cc1ccccc1)[Si](C)(C)C. The summed E-state index contributed by atoms with van der Waals surface area (Å²) in [4.78, 5) is 2.31. The first-order valence-corrected chi connectivity index (χ1v) is 9.89. The maximum atomic E-state index is 2.42. The van der Waals surface area contributed by atoms with E-state index in [0.717, 1.165) is 6.54 Å². The third kappa shape index (κ3) is 4.78. The highest BCUT2D eigenvalue weighted by atomic mass is 28.3. The average molecular weight is 247 g/mol. The summed E-state index contributed by atoms with van der Waals surface area (Å²) in [5.41, 5.74) is 1.37. The Balaban J connectivity index is 2.71. The fourth-order valence-corrected chi connectivity index (χ4v) is 3.67. The molecule has 0 bridgehead atoms. The molecule has 0 spiro atoms. The largest absolute Gasteiger partial charge is 0.376 e. The summed E-state index contributed by atoms with van der Waals surface area (Å²) in [6, 6.07) is 10.6. The van der Waals surface area contributed by atoms with Gasteiger partial charge in [-0.25, -0.2) is 0 Å². The van der Waals surface area contributed by atoms with Crippen LogP contribution in [0.4, 0.5) is 0 Å². The van der Waals surface area contributed by atoms with Crippen molar-refractivity contribution in [2.75, 3.05) is 7.05 Å². The monoisotopic (exact) mass is 247 g/mol.